The molecule has 0 radical (unpaired) electrons. The molecule has 0 bridgehead atoms. The van der Waals surface area contributed by atoms with Gasteiger partial charge in [-0.05, 0) is 51.3 Å². The van der Waals surface area contributed by atoms with Crippen molar-refractivity contribution in [1.29, 1.82) is 0 Å². The minimum atomic E-state index is 0.743. The standard InChI is InChI=1S/C13H10BrClO/c1-16-13-8-10(4-7-12(13)14)9-2-5-11(15)6-3-9/h2-8H,1H3. The molecule has 0 N–H and O–H groups in total. The van der Waals surface area contributed by atoms with Gasteiger partial charge < -0.3 is 4.74 Å². The predicted molar refractivity (Wildman–Crippen MR) is 71.1 cm³/mol. The summed E-state index contributed by atoms with van der Waals surface area (Å²) in [6.45, 7) is 0. The van der Waals surface area contributed by atoms with Gasteiger partial charge in [-0.2, -0.15) is 0 Å². The number of methoxy groups -OCH3 is 1. The molecule has 0 atom stereocenters. The summed E-state index contributed by atoms with van der Waals surface area (Å²) >= 11 is 9.28. The molecule has 0 amide bonds. The van der Waals surface area contributed by atoms with Crippen LogP contribution < -0.4 is 4.74 Å². The SMILES string of the molecule is COc1cc(-c2ccc(Cl)cc2)ccc1Br. The molecule has 2 rings (SSSR count). The Bertz CT molecular complexity index is 494. The van der Waals surface area contributed by atoms with Gasteiger partial charge in [-0.25, -0.2) is 0 Å². The van der Waals surface area contributed by atoms with Crippen molar-refractivity contribution in [2.24, 2.45) is 0 Å². The molecule has 0 spiro atoms. The van der Waals surface area contributed by atoms with Crippen molar-refractivity contribution in [3.8, 4) is 16.9 Å². The van der Waals surface area contributed by atoms with E-state index in [0.717, 1.165) is 26.4 Å². The first-order valence-corrected chi connectivity index (χ1v) is 5.97. The fraction of sp³-hybridized carbons (Fsp3) is 0.0769. The van der Waals surface area contributed by atoms with E-state index in [1.165, 1.54) is 0 Å². The van der Waals surface area contributed by atoms with Crippen LogP contribution in [0.25, 0.3) is 11.1 Å². The molecule has 0 aliphatic heterocycles. The molecule has 0 aliphatic rings. The van der Waals surface area contributed by atoms with Gasteiger partial charge in [-0.1, -0.05) is 29.8 Å². The maximum Gasteiger partial charge on any atom is 0.133 e. The van der Waals surface area contributed by atoms with Crippen LogP contribution in [0.4, 0.5) is 0 Å². The van der Waals surface area contributed by atoms with Crippen LogP contribution in [0.15, 0.2) is 46.9 Å². The van der Waals surface area contributed by atoms with Crippen molar-refractivity contribution in [3.05, 3.63) is 52.0 Å². The molecule has 2 aromatic rings. The Morgan fingerprint density at radius 2 is 1.62 bits per heavy atom. The first-order chi connectivity index (χ1) is 7.70. The molecular formula is C13H10BrClO. The van der Waals surface area contributed by atoms with E-state index >= 15 is 0 Å². The van der Waals surface area contributed by atoms with Crippen LogP contribution in [0.1, 0.15) is 0 Å². The van der Waals surface area contributed by atoms with E-state index in [-0.39, 0.29) is 0 Å². The lowest BCUT2D eigenvalue weighted by Gasteiger charge is -2.07. The summed E-state index contributed by atoms with van der Waals surface area (Å²) in [5.74, 6) is 0.826. The van der Waals surface area contributed by atoms with Crippen LogP contribution in [0, 0.1) is 0 Å². The molecule has 2 aromatic carbocycles. The van der Waals surface area contributed by atoms with Gasteiger partial charge in [0.1, 0.15) is 5.75 Å². The van der Waals surface area contributed by atoms with E-state index in [4.69, 9.17) is 16.3 Å². The second-order valence-corrected chi connectivity index (χ2v) is 4.65. The molecule has 0 saturated carbocycles. The molecule has 0 fully saturated rings. The Morgan fingerprint density at radius 3 is 2.25 bits per heavy atom. The molecule has 0 aliphatic carbocycles. The fourth-order valence-corrected chi connectivity index (χ4v) is 2.02. The van der Waals surface area contributed by atoms with Gasteiger partial charge in [0.05, 0.1) is 11.6 Å². The van der Waals surface area contributed by atoms with Crippen molar-refractivity contribution in [2.45, 2.75) is 0 Å². The van der Waals surface area contributed by atoms with E-state index in [9.17, 15) is 0 Å². The van der Waals surface area contributed by atoms with E-state index < -0.39 is 0 Å². The lowest BCUT2D eigenvalue weighted by Crippen LogP contribution is -1.85. The lowest BCUT2D eigenvalue weighted by molar-refractivity contribution is 0.412. The topological polar surface area (TPSA) is 9.23 Å². The van der Waals surface area contributed by atoms with Gasteiger partial charge >= 0.3 is 0 Å². The highest BCUT2D eigenvalue weighted by Gasteiger charge is 2.03. The molecule has 3 heteroatoms. The third-order valence-electron chi connectivity index (χ3n) is 2.33. The summed E-state index contributed by atoms with van der Waals surface area (Å²) in [6, 6.07) is 13.7. The van der Waals surface area contributed by atoms with Gasteiger partial charge in [0.2, 0.25) is 0 Å². The zero-order valence-corrected chi connectivity index (χ0v) is 11.0. The van der Waals surface area contributed by atoms with Crippen LogP contribution in [0.5, 0.6) is 5.75 Å². The number of benzene rings is 2. The summed E-state index contributed by atoms with van der Waals surface area (Å²) in [5.41, 5.74) is 2.23. The predicted octanol–water partition coefficient (Wildman–Crippen LogP) is 4.78. The Hall–Kier alpha value is -0.990. The van der Waals surface area contributed by atoms with Crippen molar-refractivity contribution in [3.63, 3.8) is 0 Å². The average Bonchev–Trinajstić information content (AvgIpc) is 2.31. The maximum atomic E-state index is 5.85. The molecule has 0 aromatic heterocycles. The second kappa shape index (κ2) is 4.89. The highest BCUT2D eigenvalue weighted by Crippen LogP contribution is 2.30. The summed E-state index contributed by atoms with van der Waals surface area (Å²) in [5, 5.41) is 0.743. The Balaban J connectivity index is 2.44. The van der Waals surface area contributed by atoms with Crippen LogP contribution >= 0.6 is 27.5 Å². The first-order valence-electron chi connectivity index (χ1n) is 4.80. The van der Waals surface area contributed by atoms with Crippen molar-refractivity contribution >= 4 is 27.5 Å². The van der Waals surface area contributed by atoms with E-state index in [1.807, 2.05) is 42.5 Å². The number of rotatable bonds is 2. The third kappa shape index (κ3) is 2.39. The van der Waals surface area contributed by atoms with Gasteiger partial charge in [-0.3, -0.25) is 0 Å². The van der Waals surface area contributed by atoms with E-state index in [2.05, 4.69) is 15.9 Å². The smallest absolute Gasteiger partial charge is 0.133 e. The Morgan fingerprint density at radius 1 is 1.00 bits per heavy atom. The summed E-state index contributed by atoms with van der Waals surface area (Å²) in [4.78, 5) is 0. The third-order valence-corrected chi connectivity index (χ3v) is 3.24. The highest BCUT2D eigenvalue weighted by atomic mass is 79.9. The van der Waals surface area contributed by atoms with Gasteiger partial charge in [0.15, 0.2) is 0 Å². The summed E-state index contributed by atoms with van der Waals surface area (Å²) < 4.78 is 6.21. The minimum absolute atomic E-state index is 0.743. The van der Waals surface area contributed by atoms with Crippen molar-refractivity contribution in [1.82, 2.24) is 0 Å². The highest BCUT2D eigenvalue weighted by molar-refractivity contribution is 9.10. The van der Waals surface area contributed by atoms with E-state index in [1.54, 1.807) is 7.11 Å². The van der Waals surface area contributed by atoms with Crippen LogP contribution in [0.3, 0.4) is 0 Å². The molecule has 0 saturated heterocycles. The van der Waals surface area contributed by atoms with Crippen LogP contribution in [-0.2, 0) is 0 Å². The van der Waals surface area contributed by atoms with Gasteiger partial charge in [0.25, 0.3) is 0 Å². The lowest BCUT2D eigenvalue weighted by atomic mass is 10.1. The monoisotopic (exact) mass is 296 g/mol. The molecular weight excluding hydrogens is 287 g/mol. The maximum absolute atomic E-state index is 5.85. The van der Waals surface area contributed by atoms with Crippen LogP contribution in [-0.4, -0.2) is 7.11 Å². The summed E-state index contributed by atoms with van der Waals surface area (Å²) in [7, 11) is 1.66. The number of ether oxygens (including phenoxy) is 1. The second-order valence-electron chi connectivity index (χ2n) is 3.36. The Labute approximate surface area is 108 Å². The normalized spacial score (nSPS) is 10.2. The molecule has 1 nitrogen and oxygen atoms in total. The summed E-state index contributed by atoms with van der Waals surface area (Å²) in [6.07, 6.45) is 0. The molecule has 0 unspecified atom stereocenters. The number of halogens is 2. The minimum Gasteiger partial charge on any atom is -0.496 e. The zero-order chi connectivity index (χ0) is 11.5. The van der Waals surface area contributed by atoms with Crippen molar-refractivity contribution in [2.75, 3.05) is 7.11 Å². The van der Waals surface area contributed by atoms with Gasteiger partial charge in [0, 0.05) is 5.02 Å². The Kier molecular flexibility index (Phi) is 3.52. The van der Waals surface area contributed by atoms with Crippen LogP contribution in [0.2, 0.25) is 5.02 Å². The van der Waals surface area contributed by atoms with Gasteiger partial charge in [-0.15, -0.1) is 0 Å². The molecule has 82 valence electrons. The number of hydrogen-bond acceptors (Lipinski definition) is 1. The molecule has 0 heterocycles. The number of hydrogen-bond donors (Lipinski definition) is 0. The first kappa shape index (κ1) is 11.5. The zero-order valence-electron chi connectivity index (χ0n) is 8.71. The molecule has 16 heavy (non-hydrogen) atoms. The van der Waals surface area contributed by atoms with E-state index in [0.29, 0.717) is 0 Å². The largest absolute Gasteiger partial charge is 0.496 e. The van der Waals surface area contributed by atoms with Crippen molar-refractivity contribution < 1.29 is 4.74 Å². The average molecular weight is 298 g/mol. The fourth-order valence-electron chi connectivity index (χ4n) is 1.48. The quantitative estimate of drug-likeness (QED) is 0.775.